The molecular weight excluding hydrogens is 346 g/mol. The van der Waals surface area contributed by atoms with E-state index >= 15 is 0 Å². The summed E-state index contributed by atoms with van der Waals surface area (Å²) in [5.41, 5.74) is 7.63. The molecule has 122 valence electrons. The standard InChI is InChI=1S/C17H14ClN3O2S/c18-13-3-1-10(2-4-13)15(11-5-6-24-9-11)21-17(23)14-7-12(8-20-14)16(19)22/h1-9,15,20H,(H2,19,22)(H,21,23)/t15-/m1/s1. The fourth-order valence-corrected chi connectivity index (χ4v) is 3.14. The van der Waals surface area contributed by atoms with Crippen LogP contribution in [0.25, 0.3) is 0 Å². The highest BCUT2D eigenvalue weighted by Gasteiger charge is 2.19. The SMILES string of the molecule is NC(=O)c1c[nH]c(C(=O)N[C@H](c2ccc(Cl)cc2)c2ccsc2)c1. The average molecular weight is 360 g/mol. The second-order valence-corrected chi connectivity index (χ2v) is 6.40. The number of primary amides is 1. The van der Waals surface area contributed by atoms with Crippen LogP contribution in [0, 0.1) is 0 Å². The van der Waals surface area contributed by atoms with Crippen molar-refractivity contribution in [2.75, 3.05) is 0 Å². The number of aromatic amines is 1. The number of thiophene rings is 1. The molecule has 3 rings (SSSR count). The van der Waals surface area contributed by atoms with Gasteiger partial charge in [-0.2, -0.15) is 11.3 Å². The Bertz CT molecular complexity index is 856. The average Bonchev–Trinajstić information content (AvgIpc) is 3.25. The lowest BCUT2D eigenvalue weighted by atomic mass is 10.0. The van der Waals surface area contributed by atoms with Gasteiger partial charge in [0.1, 0.15) is 5.69 Å². The molecule has 4 N–H and O–H groups in total. The first kappa shape index (κ1) is 16.3. The van der Waals surface area contributed by atoms with E-state index in [1.165, 1.54) is 12.3 Å². The van der Waals surface area contributed by atoms with E-state index in [4.69, 9.17) is 17.3 Å². The molecule has 0 unspecified atom stereocenters. The lowest BCUT2D eigenvalue weighted by molar-refractivity contribution is 0.0938. The molecule has 0 bridgehead atoms. The van der Waals surface area contributed by atoms with Gasteiger partial charge in [0.2, 0.25) is 5.91 Å². The van der Waals surface area contributed by atoms with Crippen molar-refractivity contribution in [3.8, 4) is 0 Å². The Balaban J connectivity index is 1.87. The first-order valence-corrected chi connectivity index (χ1v) is 8.43. The zero-order valence-corrected chi connectivity index (χ0v) is 14.0. The normalized spacial score (nSPS) is 11.9. The summed E-state index contributed by atoms with van der Waals surface area (Å²) in [6.45, 7) is 0. The number of H-pyrrole nitrogens is 1. The number of benzene rings is 1. The quantitative estimate of drug-likeness (QED) is 0.652. The number of nitrogens with two attached hydrogens (primary N) is 1. The van der Waals surface area contributed by atoms with E-state index in [1.54, 1.807) is 23.5 Å². The number of hydrogen-bond donors (Lipinski definition) is 3. The lowest BCUT2D eigenvalue weighted by Gasteiger charge is -2.18. The van der Waals surface area contributed by atoms with Crippen LogP contribution >= 0.6 is 22.9 Å². The molecule has 0 spiro atoms. The number of amides is 2. The smallest absolute Gasteiger partial charge is 0.268 e. The van der Waals surface area contributed by atoms with E-state index < -0.39 is 5.91 Å². The Hall–Kier alpha value is -2.57. The summed E-state index contributed by atoms with van der Waals surface area (Å²) < 4.78 is 0. The highest BCUT2D eigenvalue weighted by atomic mass is 35.5. The van der Waals surface area contributed by atoms with Crippen LogP contribution in [0.4, 0.5) is 0 Å². The second kappa shape index (κ2) is 6.90. The fraction of sp³-hybridized carbons (Fsp3) is 0.0588. The molecule has 5 nitrogen and oxygen atoms in total. The molecule has 0 saturated heterocycles. The third-order valence-electron chi connectivity index (χ3n) is 3.57. The van der Waals surface area contributed by atoms with Crippen LogP contribution in [0.1, 0.15) is 38.0 Å². The van der Waals surface area contributed by atoms with Crippen molar-refractivity contribution >= 4 is 34.8 Å². The maximum absolute atomic E-state index is 12.5. The molecule has 0 saturated carbocycles. The molecule has 1 atom stereocenters. The number of carbonyl (C=O) groups excluding carboxylic acids is 2. The third kappa shape index (κ3) is 3.50. The molecular formula is C17H14ClN3O2S. The molecule has 0 aliphatic rings. The first-order chi connectivity index (χ1) is 11.5. The van der Waals surface area contributed by atoms with Gasteiger partial charge in [-0.15, -0.1) is 0 Å². The minimum atomic E-state index is -0.586. The Labute approximate surface area is 147 Å². The predicted octanol–water partition coefficient (Wildman–Crippen LogP) is 3.35. The van der Waals surface area contributed by atoms with Gasteiger partial charge in [0, 0.05) is 11.2 Å². The lowest BCUT2D eigenvalue weighted by Crippen LogP contribution is -2.29. The highest BCUT2D eigenvalue weighted by Crippen LogP contribution is 2.25. The molecule has 3 aromatic rings. The van der Waals surface area contributed by atoms with E-state index in [9.17, 15) is 9.59 Å². The van der Waals surface area contributed by atoms with Crippen molar-refractivity contribution in [3.05, 3.63) is 80.8 Å². The van der Waals surface area contributed by atoms with Crippen molar-refractivity contribution in [1.29, 1.82) is 0 Å². The van der Waals surface area contributed by atoms with E-state index in [0.717, 1.165) is 11.1 Å². The van der Waals surface area contributed by atoms with Gasteiger partial charge in [-0.1, -0.05) is 23.7 Å². The van der Waals surface area contributed by atoms with Crippen LogP contribution in [-0.2, 0) is 0 Å². The third-order valence-corrected chi connectivity index (χ3v) is 4.52. The molecule has 7 heteroatoms. The summed E-state index contributed by atoms with van der Waals surface area (Å²) in [6, 6.07) is 10.4. The number of hydrogen-bond acceptors (Lipinski definition) is 3. The maximum Gasteiger partial charge on any atom is 0.268 e. The van der Waals surface area contributed by atoms with Gasteiger partial charge in [0.15, 0.2) is 0 Å². The summed E-state index contributed by atoms with van der Waals surface area (Å²) >= 11 is 7.49. The molecule has 0 aliphatic heterocycles. The van der Waals surface area contributed by atoms with E-state index in [-0.39, 0.29) is 23.2 Å². The van der Waals surface area contributed by atoms with Gasteiger partial charge in [0.05, 0.1) is 11.6 Å². The molecule has 1 aromatic carbocycles. The molecule has 2 amide bonds. The van der Waals surface area contributed by atoms with Crippen LogP contribution in [0.15, 0.2) is 53.4 Å². The highest BCUT2D eigenvalue weighted by molar-refractivity contribution is 7.08. The van der Waals surface area contributed by atoms with Crippen molar-refractivity contribution in [1.82, 2.24) is 10.3 Å². The minimum absolute atomic E-state index is 0.263. The molecule has 0 aliphatic carbocycles. The topological polar surface area (TPSA) is 88.0 Å². The zero-order valence-electron chi connectivity index (χ0n) is 12.5. The molecule has 0 fully saturated rings. The molecule has 2 aromatic heterocycles. The Morgan fingerprint density at radius 2 is 1.92 bits per heavy atom. The summed E-state index contributed by atoms with van der Waals surface area (Å²) in [5, 5.41) is 7.52. The minimum Gasteiger partial charge on any atom is -0.366 e. The van der Waals surface area contributed by atoms with Gasteiger partial charge < -0.3 is 16.0 Å². The van der Waals surface area contributed by atoms with Crippen molar-refractivity contribution in [2.45, 2.75) is 6.04 Å². The molecule has 24 heavy (non-hydrogen) atoms. The van der Waals surface area contributed by atoms with Crippen LogP contribution in [0.2, 0.25) is 5.02 Å². The fourth-order valence-electron chi connectivity index (χ4n) is 2.33. The monoisotopic (exact) mass is 359 g/mol. The number of nitrogens with one attached hydrogen (secondary N) is 2. The zero-order chi connectivity index (χ0) is 17.1. The van der Waals surface area contributed by atoms with Gasteiger partial charge >= 0.3 is 0 Å². The number of rotatable bonds is 5. The van der Waals surface area contributed by atoms with Gasteiger partial charge in [0.25, 0.3) is 5.91 Å². The number of carbonyl (C=O) groups is 2. The molecule has 0 radical (unpaired) electrons. The Morgan fingerprint density at radius 1 is 1.17 bits per heavy atom. The molecule has 2 heterocycles. The van der Waals surface area contributed by atoms with E-state index in [1.807, 2.05) is 29.0 Å². The van der Waals surface area contributed by atoms with Crippen molar-refractivity contribution in [3.63, 3.8) is 0 Å². The van der Waals surface area contributed by atoms with Crippen molar-refractivity contribution < 1.29 is 9.59 Å². The van der Waals surface area contributed by atoms with E-state index in [2.05, 4.69) is 10.3 Å². The predicted molar refractivity (Wildman–Crippen MR) is 94.4 cm³/mol. The van der Waals surface area contributed by atoms with Gasteiger partial charge in [-0.3, -0.25) is 9.59 Å². The van der Waals surface area contributed by atoms with Crippen LogP contribution in [0.3, 0.4) is 0 Å². The first-order valence-electron chi connectivity index (χ1n) is 7.11. The van der Waals surface area contributed by atoms with Crippen LogP contribution < -0.4 is 11.1 Å². The second-order valence-electron chi connectivity index (χ2n) is 5.18. The Morgan fingerprint density at radius 3 is 2.50 bits per heavy atom. The van der Waals surface area contributed by atoms with Crippen molar-refractivity contribution in [2.24, 2.45) is 5.73 Å². The summed E-state index contributed by atoms with van der Waals surface area (Å²) in [5.74, 6) is -0.911. The Kier molecular flexibility index (Phi) is 4.69. The van der Waals surface area contributed by atoms with Gasteiger partial charge in [-0.25, -0.2) is 0 Å². The number of aromatic nitrogens is 1. The maximum atomic E-state index is 12.5. The summed E-state index contributed by atoms with van der Waals surface area (Å²) in [6.07, 6.45) is 1.42. The van der Waals surface area contributed by atoms with E-state index in [0.29, 0.717) is 5.02 Å². The largest absolute Gasteiger partial charge is 0.366 e. The van der Waals surface area contributed by atoms with Gasteiger partial charge in [-0.05, 0) is 46.2 Å². The summed E-state index contributed by atoms with van der Waals surface area (Å²) in [7, 11) is 0. The number of halogens is 1. The van der Waals surface area contributed by atoms with Crippen LogP contribution in [0.5, 0.6) is 0 Å². The van der Waals surface area contributed by atoms with Crippen LogP contribution in [-0.4, -0.2) is 16.8 Å². The summed E-state index contributed by atoms with van der Waals surface area (Å²) in [4.78, 5) is 26.4.